The van der Waals surface area contributed by atoms with E-state index in [2.05, 4.69) is 15.3 Å². The first-order valence-corrected chi connectivity index (χ1v) is 5.08. The number of nitrogens with one attached hydrogen (secondary N) is 1. The van der Waals surface area contributed by atoms with Gasteiger partial charge >= 0.3 is 0 Å². The molecule has 0 spiro atoms. The van der Waals surface area contributed by atoms with Crippen LogP contribution in [0.3, 0.4) is 0 Å². The Morgan fingerprint density at radius 3 is 3.00 bits per heavy atom. The summed E-state index contributed by atoms with van der Waals surface area (Å²) in [5.41, 5.74) is 5.51. The standard InChI is InChI=1S/C10H11ClN4O/c11-10(5-2-1-3-7(10)16)15-9-13-6-4-8(12)14-9/h1-7,16H,(H3,12,13,14,15). The summed E-state index contributed by atoms with van der Waals surface area (Å²) in [5.74, 6) is 0.608. The molecule has 16 heavy (non-hydrogen) atoms. The summed E-state index contributed by atoms with van der Waals surface area (Å²) in [6.07, 6.45) is 7.31. The molecule has 0 saturated heterocycles. The zero-order chi connectivity index (χ0) is 11.6. The fourth-order valence-corrected chi connectivity index (χ4v) is 1.55. The largest absolute Gasteiger partial charge is 0.385 e. The number of halogens is 1. The van der Waals surface area contributed by atoms with Gasteiger partial charge in [0.05, 0.1) is 0 Å². The van der Waals surface area contributed by atoms with Crippen LogP contribution in [0.1, 0.15) is 0 Å². The third-order valence-corrected chi connectivity index (χ3v) is 2.60. The van der Waals surface area contributed by atoms with E-state index in [1.807, 2.05) is 0 Å². The number of hydrogen-bond donors (Lipinski definition) is 3. The lowest BCUT2D eigenvalue weighted by Gasteiger charge is -2.29. The zero-order valence-electron chi connectivity index (χ0n) is 8.34. The van der Waals surface area contributed by atoms with E-state index in [1.54, 1.807) is 30.4 Å². The van der Waals surface area contributed by atoms with Gasteiger partial charge in [0.25, 0.3) is 0 Å². The maximum atomic E-state index is 9.74. The number of anilines is 2. The smallest absolute Gasteiger partial charge is 0.226 e. The molecule has 0 saturated carbocycles. The van der Waals surface area contributed by atoms with Gasteiger partial charge in [-0.05, 0) is 12.1 Å². The first kappa shape index (κ1) is 10.9. The summed E-state index contributed by atoms with van der Waals surface area (Å²) in [6.45, 7) is 0. The molecule has 0 aromatic carbocycles. The maximum Gasteiger partial charge on any atom is 0.226 e. The normalized spacial score (nSPS) is 28.0. The van der Waals surface area contributed by atoms with Gasteiger partial charge in [0, 0.05) is 6.20 Å². The number of alkyl halides is 1. The van der Waals surface area contributed by atoms with Crippen molar-refractivity contribution in [3.8, 4) is 0 Å². The van der Waals surface area contributed by atoms with Crippen LogP contribution in [0.25, 0.3) is 0 Å². The second-order valence-corrected chi connectivity index (χ2v) is 4.01. The Balaban J connectivity index is 2.21. The monoisotopic (exact) mass is 238 g/mol. The SMILES string of the molecule is Nc1ccnc(NC2(Cl)C=CC=CC2O)n1. The summed E-state index contributed by atoms with van der Waals surface area (Å²) >= 11 is 6.19. The lowest BCUT2D eigenvalue weighted by molar-refractivity contribution is 0.199. The van der Waals surface area contributed by atoms with Crippen LogP contribution in [0.2, 0.25) is 0 Å². The summed E-state index contributed by atoms with van der Waals surface area (Å²) in [7, 11) is 0. The molecule has 0 aliphatic heterocycles. The summed E-state index contributed by atoms with van der Waals surface area (Å²) in [6, 6.07) is 1.57. The number of nitrogens with zero attached hydrogens (tertiary/aromatic N) is 2. The van der Waals surface area contributed by atoms with E-state index in [9.17, 15) is 5.11 Å². The van der Waals surface area contributed by atoms with Gasteiger partial charge in [-0.15, -0.1) is 0 Å². The minimum Gasteiger partial charge on any atom is -0.385 e. The van der Waals surface area contributed by atoms with Crippen molar-refractivity contribution in [2.45, 2.75) is 11.1 Å². The van der Waals surface area contributed by atoms with Gasteiger partial charge < -0.3 is 16.2 Å². The number of aliphatic hydroxyl groups is 1. The molecule has 2 atom stereocenters. The van der Waals surface area contributed by atoms with E-state index < -0.39 is 11.1 Å². The highest BCUT2D eigenvalue weighted by Crippen LogP contribution is 2.26. The highest BCUT2D eigenvalue weighted by molar-refractivity contribution is 6.27. The second-order valence-electron chi connectivity index (χ2n) is 3.39. The molecular weight excluding hydrogens is 228 g/mol. The first-order chi connectivity index (χ1) is 7.60. The number of aromatic nitrogens is 2. The third-order valence-electron chi connectivity index (χ3n) is 2.15. The first-order valence-electron chi connectivity index (χ1n) is 4.70. The molecule has 1 aliphatic carbocycles. The summed E-state index contributed by atoms with van der Waals surface area (Å²) < 4.78 is 0. The van der Waals surface area contributed by atoms with Crippen molar-refractivity contribution >= 4 is 23.4 Å². The molecule has 84 valence electrons. The number of nitrogen functional groups attached to an aromatic ring is 1. The van der Waals surface area contributed by atoms with E-state index in [0.717, 1.165) is 0 Å². The van der Waals surface area contributed by atoms with Gasteiger partial charge in [0.1, 0.15) is 11.9 Å². The summed E-state index contributed by atoms with van der Waals surface area (Å²) in [4.78, 5) is 6.77. The topological polar surface area (TPSA) is 84.1 Å². The Hall–Kier alpha value is -1.59. The van der Waals surface area contributed by atoms with Crippen LogP contribution in [-0.4, -0.2) is 26.2 Å². The van der Waals surface area contributed by atoms with Crippen molar-refractivity contribution < 1.29 is 5.11 Å². The van der Waals surface area contributed by atoms with Crippen LogP contribution in [0, 0.1) is 0 Å². The molecule has 1 aromatic heterocycles. The molecule has 1 aliphatic rings. The quantitative estimate of drug-likeness (QED) is 0.527. The average molecular weight is 239 g/mol. The van der Waals surface area contributed by atoms with E-state index in [0.29, 0.717) is 5.82 Å². The predicted octanol–water partition coefficient (Wildman–Crippen LogP) is 0.893. The molecule has 6 heteroatoms. The summed E-state index contributed by atoms with van der Waals surface area (Å²) in [5, 5.41) is 12.6. The van der Waals surface area contributed by atoms with Crippen molar-refractivity contribution in [3.63, 3.8) is 0 Å². The fraction of sp³-hybridized carbons (Fsp3) is 0.200. The van der Waals surface area contributed by atoms with Crippen LogP contribution in [0.15, 0.2) is 36.6 Å². The molecule has 1 heterocycles. The molecule has 0 bridgehead atoms. The highest BCUT2D eigenvalue weighted by Gasteiger charge is 2.33. The average Bonchev–Trinajstić information content (AvgIpc) is 2.23. The van der Waals surface area contributed by atoms with Crippen LogP contribution in [-0.2, 0) is 0 Å². The Morgan fingerprint density at radius 1 is 1.50 bits per heavy atom. The van der Waals surface area contributed by atoms with Crippen LogP contribution in [0.5, 0.6) is 0 Å². The molecule has 2 rings (SSSR count). The van der Waals surface area contributed by atoms with Crippen LogP contribution >= 0.6 is 11.6 Å². The molecular formula is C10H11ClN4O. The van der Waals surface area contributed by atoms with E-state index in [4.69, 9.17) is 17.3 Å². The number of allylic oxidation sites excluding steroid dienone is 2. The van der Waals surface area contributed by atoms with E-state index in [1.165, 1.54) is 6.20 Å². The molecule has 5 nitrogen and oxygen atoms in total. The van der Waals surface area contributed by atoms with Gasteiger partial charge in [0.2, 0.25) is 5.95 Å². The molecule has 0 amide bonds. The highest BCUT2D eigenvalue weighted by atomic mass is 35.5. The molecule has 0 radical (unpaired) electrons. The predicted molar refractivity (Wildman–Crippen MR) is 62.9 cm³/mol. The minimum absolute atomic E-state index is 0.272. The lowest BCUT2D eigenvalue weighted by Crippen LogP contribution is -2.42. The molecule has 2 unspecified atom stereocenters. The van der Waals surface area contributed by atoms with Gasteiger partial charge in [0.15, 0.2) is 5.00 Å². The van der Waals surface area contributed by atoms with Crippen molar-refractivity contribution in [1.29, 1.82) is 0 Å². The minimum atomic E-state index is -1.14. The van der Waals surface area contributed by atoms with Gasteiger partial charge in [-0.3, -0.25) is 0 Å². The molecule has 1 aromatic rings. The molecule has 0 fully saturated rings. The van der Waals surface area contributed by atoms with Crippen LogP contribution in [0.4, 0.5) is 11.8 Å². The third kappa shape index (κ3) is 2.15. The Labute approximate surface area is 97.7 Å². The number of hydrogen-bond acceptors (Lipinski definition) is 5. The van der Waals surface area contributed by atoms with Crippen LogP contribution < -0.4 is 11.1 Å². The molecule has 4 N–H and O–H groups in total. The van der Waals surface area contributed by atoms with Crippen molar-refractivity contribution in [2.75, 3.05) is 11.1 Å². The number of nitrogens with two attached hydrogens (primary N) is 1. The Kier molecular flexibility index (Phi) is 2.80. The zero-order valence-corrected chi connectivity index (χ0v) is 9.09. The van der Waals surface area contributed by atoms with Crippen molar-refractivity contribution in [2.24, 2.45) is 0 Å². The van der Waals surface area contributed by atoms with E-state index >= 15 is 0 Å². The van der Waals surface area contributed by atoms with Crippen molar-refractivity contribution in [3.05, 3.63) is 36.6 Å². The van der Waals surface area contributed by atoms with Gasteiger partial charge in [-0.25, -0.2) is 4.98 Å². The van der Waals surface area contributed by atoms with Gasteiger partial charge in [-0.1, -0.05) is 29.8 Å². The van der Waals surface area contributed by atoms with E-state index in [-0.39, 0.29) is 5.95 Å². The maximum absolute atomic E-state index is 9.74. The number of aliphatic hydroxyl groups excluding tert-OH is 1. The fourth-order valence-electron chi connectivity index (χ4n) is 1.32. The Bertz CT molecular complexity index is 448. The van der Waals surface area contributed by atoms with Gasteiger partial charge in [-0.2, -0.15) is 4.98 Å². The van der Waals surface area contributed by atoms with Crippen molar-refractivity contribution in [1.82, 2.24) is 9.97 Å². The second kappa shape index (κ2) is 4.11. The lowest BCUT2D eigenvalue weighted by atomic mass is 10.1. The Morgan fingerprint density at radius 2 is 2.31 bits per heavy atom. The number of rotatable bonds is 2.